The van der Waals surface area contributed by atoms with Crippen LogP contribution in [0.2, 0.25) is 0 Å². The molecule has 0 atom stereocenters. The van der Waals surface area contributed by atoms with Crippen molar-refractivity contribution in [1.82, 2.24) is 5.32 Å². The van der Waals surface area contributed by atoms with E-state index in [0.29, 0.717) is 6.54 Å². The van der Waals surface area contributed by atoms with Crippen molar-refractivity contribution in [2.45, 2.75) is 20.0 Å². The van der Waals surface area contributed by atoms with Crippen LogP contribution in [0, 0.1) is 12.7 Å². The first-order chi connectivity index (χ1) is 9.11. The summed E-state index contributed by atoms with van der Waals surface area (Å²) in [6.45, 7) is 3.33. The highest BCUT2D eigenvalue weighted by atomic mass is 19.1. The van der Waals surface area contributed by atoms with Gasteiger partial charge in [0.25, 0.3) is 0 Å². The average Bonchev–Trinajstić information content (AvgIpc) is 2.75. The fourth-order valence-corrected chi connectivity index (χ4v) is 2.17. The molecule has 4 heteroatoms. The van der Waals surface area contributed by atoms with E-state index >= 15 is 0 Å². The van der Waals surface area contributed by atoms with Gasteiger partial charge in [0.05, 0.1) is 6.26 Å². The molecular weight excluding hydrogens is 243 g/mol. The summed E-state index contributed by atoms with van der Waals surface area (Å²) in [5.41, 5.74) is 3.12. The Bertz CT molecular complexity index is 551. The summed E-state index contributed by atoms with van der Waals surface area (Å²) >= 11 is 0. The molecule has 0 saturated carbocycles. The quantitative estimate of drug-likeness (QED) is 0.897. The standard InChI is InChI=1S/C15H19FN2O/c1-11-12(6-7-19-11)10-18(3)15-5-4-14(16)8-13(15)9-17-2/h4-8,17H,9-10H2,1-3H3. The van der Waals surface area contributed by atoms with Gasteiger partial charge in [-0.15, -0.1) is 0 Å². The molecule has 1 aromatic carbocycles. The van der Waals surface area contributed by atoms with E-state index in [0.717, 1.165) is 29.1 Å². The van der Waals surface area contributed by atoms with Crippen LogP contribution in [0.15, 0.2) is 34.9 Å². The van der Waals surface area contributed by atoms with Crippen molar-refractivity contribution in [3.8, 4) is 0 Å². The number of furan rings is 1. The first-order valence-corrected chi connectivity index (χ1v) is 6.29. The second-order valence-corrected chi connectivity index (χ2v) is 4.66. The second kappa shape index (κ2) is 5.89. The van der Waals surface area contributed by atoms with Gasteiger partial charge in [-0.25, -0.2) is 4.39 Å². The van der Waals surface area contributed by atoms with Crippen molar-refractivity contribution < 1.29 is 8.81 Å². The number of benzene rings is 1. The van der Waals surface area contributed by atoms with Crippen LogP contribution in [0.5, 0.6) is 0 Å². The van der Waals surface area contributed by atoms with Gasteiger partial charge in [0.2, 0.25) is 0 Å². The van der Waals surface area contributed by atoms with Crippen molar-refractivity contribution in [1.29, 1.82) is 0 Å². The van der Waals surface area contributed by atoms with Gasteiger partial charge < -0.3 is 14.6 Å². The van der Waals surface area contributed by atoms with Gasteiger partial charge in [0, 0.05) is 31.4 Å². The molecule has 2 aromatic rings. The van der Waals surface area contributed by atoms with E-state index in [2.05, 4.69) is 10.2 Å². The number of nitrogens with one attached hydrogen (secondary N) is 1. The smallest absolute Gasteiger partial charge is 0.123 e. The molecule has 0 saturated heterocycles. The Hall–Kier alpha value is -1.81. The molecule has 0 fully saturated rings. The van der Waals surface area contributed by atoms with Crippen LogP contribution in [0.1, 0.15) is 16.9 Å². The molecule has 0 spiro atoms. The number of hydrogen-bond donors (Lipinski definition) is 1. The molecule has 0 amide bonds. The molecule has 102 valence electrons. The van der Waals surface area contributed by atoms with E-state index in [1.54, 1.807) is 12.3 Å². The summed E-state index contributed by atoms with van der Waals surface area (Å²) in [6, 6.07) is 6.85. The van der Waals surface area contributed by atoms with Crippen LogP contribution < -0.4 is 10.2 Å². The zero-order valence-corrected chi connectivity index (χ0v) is 11.5. The Morgan fingerprint density at radius 1 is 1.26 bits per heavy atom. The van der Waals surface area contributed by atoms with Crippen molar-refractivity contribution in [3.63, 3.8) is 0 Å². The van der Waals surface area contributed by atoms with Gasteiger partial charge >= 0.3 is 0 Å². The predicted molar refractivity (Wildman–Crippen MR) is 74.7 cm³/mol. The maximum absolute atomic E-state index is 13.3. The average molecular weight is 262 g/mol. The Kier molecular flexibility index (Phi) is 4.22. The lowest BCUT2D eigenvalue weighted by atomic mass is 10.1. The van der Waals surface area contributed by atoms with E-state index < -0.39 is 0 Å². The topological polar surface area (TPSA) is 28.4 Å². The fourth-order valence-electron chi connectivity index (χ4n) is 2.17. The lowest BCUT2D eigenvalue weighted by molar-refractivity contribution is 0.529. The molecule has 1 N–H and O–H groups in total. The second-order valence-electron chi connectivity index (χ2n) is 4.66. The van der Waals surface area contributed by atoms with Crippen LogP contribution in [0.4, 0.5) is 10.1 Å². The molecular formula is C15H19FN2O. The van der Waals surface area contributed by atoms with Gasteiger partial charge in [-0.2, -0.15) is 0 Å². The Morgan fingerprint density at radius 2 is 2.05 bits per heavy atom. The van der Waals surface area contributed by atoms with E-state index in [9.17, 15) is 4.39 Å². The third kappa shape index (κ3) is 3.15. The summed E-state index contributed by atoms with van der Waals surface area (Å²) < 4.78 is 18.6. The normalized spacial score (nSPS) is 10.7. The van der Waals surface area contributed by atoms with E-state index in [1.165, 1.54) is 6.07 Å². The number of hydrogen-bond acceptors (Lipinski definition) is 3. The predicted octanol–water partition coefficient (Wildman–Crippen LogP) is 3.08. The lowest BCUT2D eigenvalue weighted by Crippen LogP contribution is -2.20. The number of halogens is 1. The lowest BCUT2D eigenvalue weighted by Gasteiger charge is -2.22. The molecule has 0 aliphatic heterocycles. The van der Waals surface area contributed by atoms with Crippen LogP contribution in [0.3, 0.4) is 0 Å². The molecule has 0 radical (unpaired) electrons. The summed E-state index contributed by atoms with van der Waals surface area (Å²) in [7, 11) is 3.85. The zero-order valence-electron chi connectivity index (χ0n) is 11.5. The zero-order chi connectivity index (χ0) is 13.8. The van der Waals surface area contributed by atoms with Gasteiger partial charge in [0.15, 0.2) is 0 Å². The Morgan fingerprint density at radius 3 is 2.68 bits per heavy atom. The maximum Gasteiger partial charge on any atom is 0.123 e. The van der Waals surface area contributed by atoms with Gasteiger partial charge in [-0.1, -0.05) is 0 Å². The molecule has 19 heavy (non-hydrogen) atoms. The van der Waals surface area contributed by atoms with Crippen molar-refractivity contribution in [3.05, 3.63) is 53.2 Å². The highest BCUT2D eigenvalue weighted by Crippen LogP contribution is 2.23. The highest BCUT2D eigenvalue weighted by molar-refractivity contribution is 5.53. The summed E-state index contributed by atoms with van der Waals surface area (Å²) in [4.78, 5) is 2.10. The molecule has 0 aliphatic rings. The van der Waals surface area contributed by atoms with Crippen molar-refractivity contribution >= 4 is 5.69 Å². The summed E-state index contributed by atoms with van der Waals surface area (Å²) in [5, 5.41) is 3.06. The maximum atomic E-state index is 13.3. The van der Waals surface area contributed by atoms with Crippen molar-refractivity contribution in [2.75, 3.05) is 19.0 Å². The third-order valence-electron chi connectivity index (χ3n) is 3.19. The van der Waals surface area contributed by atoms with Crippen LogP contribution in [-0.4, -0.2) is 14.1 Å². The van der Waals surface area contributed by atoms with Crippen LogP contribution >= 0.6 is 0 Å². The third-order valence-corrected chi connectivity index (χ3v) is 3.19. The highest BCUT2D eigenvalue weighted by Gasteiger charge is 2.11. The number of nitrogens with zero attached hydrogens (tertiary/aromatic N) is 1. The van der Waals surface area contributed by atoms with Crippen LogP contribution in [-0.2, 0) is 13.1 Å². The molecule has 3 nitrogen and oxygen atoms in total. The molecule has 1 heterocycles. The van der Waals surface area contributed by atoms with Crippen LogP contribution in [0.25, 0.3) is 0 Å². The minimum atomic E-state index is -0.207. The first kappa shape index (κ1) is 13.6. The molecule has 2 rings (SSSR count). The van der Waals surface area contributed by atoms with Gasteiger partial charge in [-0.05, 0) is 43.8 Å². The molecule has 0 aliphatic carbocycles. The summed E-state index contributed by atoms with van der Waals surface area (Å²) in [6.07, 6.45) is 1.69. The Labute approximate surface area is 113 Å². The first-order valence-electron chi connectivity index (χ1n) is 6.29. The van der Waals surface area contributed by atoms with Gasteiger partial charge in [-0.3, -0.25) is 0 Å². The van der Waals surface area contributed by atoms with E-state index in [4.69, 9.17) is 4.42 Å². The minimum Gasteiger partial charge on any atom is -0.469 e. The number of rotatable bonds is 5. The minimum absolute atomic E-state index is 0.207. The molecule has 1 aromatic heterocycles. The molecule has 0 bridgehead atoms. The largest absolute Gasteiger partial charge is 0.469 e. The van der Waals surface area contributed by atoms with E-state index in [1.807, 2.05) is 33.2 Å². The fraction of sp³-hybridized carbons (Fsp3) is 0.333. The SMILES string of the molecule is CNCc1cc(F)ccc1N(C)Cc1ccoc1C. The van der Waals surface area contributed by atoms with E-state index in [-0.39, 0.29) is 5.82 Å². The number of anilines is 1. The monoisotopic (exact) mass is 262 g/mol. The van der Waals surface area contributed by atoms with Gasteiger partial charge in [0.1, 0.15) is 11.6 Å². The Balaban J connectivity index is 2.23. The summed E-state index contributed by atoms with van der Waals surface area (Å²) in [5.74, 6) is 0.714. The number of aryl methyl sites for hydroxylation is 1. The molecule has 0 unspecified atom stereocenters. The van der Waals surface area contributed by atoms with Crippen molar-refractivity contribution in [2.24, 2.45) is 0 Å².